The molecule has 0 unspecified atom stereocenters. The summed E-state index contributed by atoms with van der Waals surface area (Å²) in [5.41, 5.74) is 2.30. The molecule has 3 aromatic carbocycles. The highest BCUT2D eigenvalue weighted by molar-refractivity contribution is 7.89. The Labute approximate surface area is 201 Å². The highest BCUT2D eigenvalue weighted by Crippen LogP contribution is 2.27. The van der Waals surface area contributed by atoms with E-state index in [0.29, 0.717) is 38.2 Å². The molecule has 0 bridgehead atoms. The minimum atomic E-state index is -3.59. The first kappa shape index (κ1) is 24.0. The van der Waals surface area contributed by atoms with Gasteiger partial charge in [0.25, 0.3) is 0 Å². The number of carbonyl (C=O) groups excluding carboxylic acids is 1. The number of amides is 1. The van der Waals surface area contributed by atoms with Crippen molar-refractivity contribution in [3.8, 4) is 5.75 Å². The van der Waals surface area contributed by atoms with Crippen LogP contribution in [0.1, 0.15) is 29.9 Å². The fraction of sp³-hybridized carbons (Fsp3) is 0.296. The van der Waals surface area contributed by atoms with Crippen LogP contribution in [0.4, 0.5) is 0 Å². The van der Waals surface area contributed by atoms with Gasteiger partial charge in [-0.1, -0.05) is 60.7 Å². The minimum Gasteiger partial charge on any atom is -0.497 e. The maximum absolute atomic E-state index is 13.0. The van der Waals surface area contributed by atoms with Crippen molar-refractivity contribution in [2.75, 3.05) is 26.7 Å². The lowest BCUT2D eigenvalue weighted by molar-refractivity contribution is -0.126. The topological polar surface area (TPSA) is 75.7 Å². The van der Waals surface area contributed by atoms with E-state index in [9.17, 15) is 13.2 Å². The van der Waals surface area contributed by atoms with Gasteiger partial charge >= 0.3 is 0 Å². The molecule has 7 heteroatoms. The number of methoxy groups -OCH3 is 1. The van der Waals surface area contributed by atoms with Crippen molar-refractivity contribution in [3.63, 3.8) is 0 Å². The molecule has 1 heterocycles. The highest BCUT2D eigenvalue weighted by Gasteiger charge is 2.32. The Bertz CT molecular complexity index is 1130. The Morgan fingerprint density at radius 1 is 0.912 bits per heavy atom. The number of ether oxygens (including phenoxy) is 1. The zero-order chi connectivity index (χ0) is 24.0. The predicted octanol–water partition coefficient (Wildman–Crippen LogP) is 4.04. The number of nitrogens with one attached hydrogen (secondary N) is 1. The summed E-state index contributed by atoms with van der Waals surface area (Å²) in [5.74, 6) is 0.452. The first-order chi connectivity index (χ1) is 16.5. The van der Waals surface area contributed by atoms with E-state index in [2.05, 4.69) is 29.6 Å². The van der Waals surface area contributed by atoms with Gasteiger partial charge in [0.05, 0.1) is 12.0 Å². The lowest BCUT2D eigenvalue weighted by atomic mass is 9.90. The standard InChI is InChI=1S/C27H30N2O4S/c1-33-24-12-14-25(15-13-24)34(31,32)29-18-16-23(17-19-29)27(30)28-20-26(21-8-4-2-5-9-21)22-10-6-3-7-11-22/h2-15,23,26H,16-20H2,1H3,(H,28,30). The molecule has 1 N–H and O–H groups in total. The smallest absolute Gasteiger partial charge is 0.243 e. The molecule has 0 aromatic heterocycles. The Balaban J connectivity index is 1.36. The van der Waals surface area contributed by atoms with E-state index in [0.717, 1.165) is 11.1 Å². The van der Waals surface area contributed by atoms with Crippen molar-refractivity contribution in [3.05, 3.63) is 96.1 Å². The third-order valence-electron chi connectivity index (χ3n) is 6.41. The van der Waals surface area contributed by atoms with Crippen LogP contribution in [0.2, 0.25) is 0 Å². The largest absolute Gasteiger partial charge is 0.497 e. The molecule has 0 radical (unpaired) electrons. The van der Waals surface area contributed by atoms with Crippen LogP contribution in [-0.2, 0) is 14.8 Å². The van der Waals surface area contributed by atoms with Crippen LogP contribution in [0.5, 0.6) is 5.75 Å². The summed E-state index contributed by atoms with van der Waals surface area (Å²) in [6.07, 6.45) is 1.01. The zero-order valence-corrected chi connectivity index (χ0v) is 20.1. The summed E-state index contributed by atoms with van der Waals surface area (Å²) in [4.78, 5) is 13.2. The first-order valence-corrected chi connectivity index (χ1v) is 12.9. The summed E-state index contributed by atoms with van der Waals surface area (Å²) in [5, 5.41) is 3.13. The monoisotopic (exact) mass is 478 g/mol. The van der Waals surface area contributed by atoms with Gasteiger partial charge in [-0.2, -0.15) is 4.31 Å². The Kier molecular flexibility index (Phi) is 7.65. The van der Waals surface area contributed by atoms with Gasteiger partial charge in [0, 0.05) is 31.5 Å². The van der Waals surface area contributed by atoms with E-state index in [1.54, 1.807) is 31.4 Å². The number of rotatable bonds is 8. The SMILES string of the molecule is COc1ccc(S(=O)(=O)N2CCC(C(=O)NCC(c3ccccc3)c3ccccc3)CC2)cc1. The van der Waals surface area contributed by atoms with Crippen LogP contribution in [0.25, 0.3) is 0 Å². The minimum absolute atomic E-state index is 0.0154. The molecule has 3 aromatic rings. The summed E-state index contributed by atoms with van der Waals surface area (Å²) in [6.45, 7) is 1.15. The molecule has 1 aliphatic rings. The molecule has 1 amide bonds. The molecule has 1 aliphatic heterocycles. The summed E-state index contributed by atoms with van der Waals surface area (Å²) in [6, 6.07) is 26.7. The third kappa shape index (κ3) is 5.48. The van der Waals surface area contributed by atoms with Crippen LogP contribution in [0.3, 0.4) is 0 Å². The molecule has 0 atom stereocenters. The molecule has 4 rings (SSSR count). The van der Waals surface area contributed by atoms with Gasteiger partial charge in [-0.3, -0.25) is 4.79 Å². The average molecular weight is 479 g/mol. The molecular weight excluding hydrogens is 448 g/mol. The molecule has 0 spiro atoms. The number of carbonyl (C=O) groups is 1. The number of sulfonamides is 1. The Morgan fingerprint density at radius 2 is 1.44 bits per heavy atom. The zero-order valence-electron chi connectivity index (χ0n) is 19.3. The van der Waals surface area contributed by atoms with Gasteiger partial charge in [-0.15, -0.1) is 0 Å². The van der Waals surface area contributed by atoms with Gasteiger partial charge < -0.3 is 10.1 Å². The van der Waals surface area contributed by atoms with E-state index in [-0.39, 0.29) is 22.6 Å². The summed E-state index contributed by atoms with van der Waals surface area (Å²) in [7, 11) is -2.04. The molecule has 178 valence electrons. The van der Waals surface area contributed by atoms with Crippen LogP contribution >= 0.6 is 0 Å². The number of hydrogen-bond acceptors (Lipinski definition) is 4. The Morgan fingerprint density at radius 3 is 1.94 bits per heavy atom. The van der Waals surface area contributed by atoms with Crippen LogP contribution < -0.4 is 10.1 Å². The molecule has 0 saturated carbocycles. The summed E-state index contributed by atoms with van der Waals surface area (Å²) < 4.78 is 32.5. The second-order valence-corrected chi connectivity index (χ2v) is 10.4. The van der Waals surface area contributed by atoms with Crippen LogP contribution in [0.15, 0.2) is 89.8 Å². The summed E-state index contributed by atoms with van der Waals surface area (Å²) >= 11 is 0. The maximum Gasteiger partial charge on any atom is 0.243 e. The van der Waals surface area contributed by atoms with Crippen LogP contribution in [0, 0.1) is 5.92 Å². The van der Waals surface area contributed by atoms with E-state index in [4.69, 9.17) is 4.74 Å². The fourth-order valence-electron chi connectivity index (χ4n) is 4.40. The number of benzene rings is 3. The van der Waals surface area contributed by atoms with E-state index >= 15 is 0 Å². The van der Waals surface area contributed by atoms with Crippen molar-refractivity contribution < 1.29 is 17.9 Å². The molecule has 0 aliphatic carbocycles. The number of nitrogens with zero attached hydrogens (tertiary/aromatic N) is 1. The quantitative estimate of drug-likeness (QED) is 0.530. The highest BCUT2D eigenvalue weighted by atomic mass is 32.2. The fourth-order valence-corrected chi connectivity index (χ4v) is 5.87. The van der Waals surface area contributed by atoms with Crippen molar-refractivity contribution >= 4 is 15.9 Å². The first-order valence-electron chi connectivity index (χ1n) is 11.5. The molecular formula is C27H30N2O4S. The Hall–Kier alpha value is -3.16. The van der Waals surface area contributed by atoms with Crippen molar-refractivity contribution in [2.45, 2.75) is 23.7 Å². The molecule has 1 fully saturated rings. The van der Waals surface area contributed by atoms with E-state index in [1.807, 2.05) is 36.4 Å². The van der Waals surface area contributed by atoms with Gasteiger partial charge in [0.2, 0.25) is 15.9 Å². The lowest BCUT2D eigenvalue weighted by Gasteiger charge is -2.31. The third-order valence-corrected chi connectivity index (χ3v) is 8.32. The lowest BCUT2D eigenvalue weighted by Crippen LogP contribution is -2.43. The second-order valence-electron chi connectivity index (χ2n) is 8.47. The molecule has 34 heavy (non-hydrogen) atoms. The van der Waals surface area contributed by atoms with Crippen molar-refractivity contribution in [1.29, 1.82) is 0 Å². The van der Waals surface area contributed by atoms with Gasteiger partial charge in [-0.05, 0) is 48.2 Å². The van der Waals surface area contributed by atoms with Gasteiger partial charge in [-0.25, -0.2) is 8.42 Å². The molecule has 1 saturated heterocycles. The van der Waals surface area contributed by atoms with E-state index < -0.39 is 10.0 Å². The van der Waals surface area contributed by atoms with Crippen molar-refractivity contribution in [1.82, 2.24) is 9.62 Å². The number of piperidine rings is 1. The van der Waals surface area contributed by atoms with Gasteiger partial charge in [0.1, 0.15) is 5.75 Å². The average Bonchev–Trinajstić information content (AvgIpc) is 2.90. The van der Waals surface area contributed by atoms with E-state index in [1.165, 1.54) is 4.31 Å². The number of hydrogen-bond donors (Lipinski definition) is 1. The second kappa shape index (κ2) is 10.8. The maximum atomic E-state index is 13.0. The normalized spacial score (nSPS) is 15.2. The van der Waals surface area contributed by atoms with Crippen LogP contribution in [-0.4, -0.2) is 45.4 Å². The predicted molar refractivity (Wildman–Crippen MR) is 132 cm³/mol. The van der Waals surface area contributed by atoms with Gasteiger partial charge in [0.15, 0.2) is 0 Å². The molecule has 6 nitrogen and oxygen atoms in total. The van der Waals surface area contributed by atoms with Crippen molar-refractivity contribution in [2.24, 2.45) is 5.92 Å².